The molecule has 0 N–H and O–H groups in total. The quantitative estimate of drug-likeness (QED) is 0.714. The Bertz CT molecular complexity index is 491. The minimum atomic E-state index is -0.552. The van der Waals surface area contributed by atoms with Gasteiger partial charge >= 0.3 is 0 Å². The molecule has 0 unspecified atom stereocenters. The van der Waals surface area contributed by atoms with Crippen LogP contribution in [0, 0.1) is 11.6 Å². The third-order valence-electron chi connectivity index (χ3n) is 2.15. The van der Waals surface area contributed by atoms with Gasteiger partial charge in [0.2, 0.25) is 0 Å². The lowest BCUT2D eigenvalue weighted by Gasteiger charge is -2.03. The van der Waals surface area contributed by atoms with Crippen molar-refractivity contribution in [3.8, 4) is 0 Å². The van der Waals surface area contributed by atoms with Crippen LogP contribution >= 0.6 is 23.4 Å². The number of benzene rings is 2. The van der Waals surface area contributed by atoms with Gasteiger partial charge in [-0.15, -0.1) is 11.8 Å². The van der Waals surface area contributed by atoms with Crippen LogP contribution in [0.4, 0.5) is 8.78 Å². The second-order valence-electron chi connectivity index (χ2n) is 3.52. The number of hydrogen-bond donors (Lipinski definition) is 0. The first-order valence-electron chi connectivity index (χ1n) is 4.97. The second-order valence-corrected chi connectivity index (χ2v) is 5.01. The standard InChI is InChI=1S/C13H9ClF2S/c14-10-3-1-9(2-4-10)8-17-13-6-11(15)5-12(16)7-13/h1-7H,8H2. The maximum Gasteiger partial charge on any atom is 0.127 e. The predicted octanol–water partition coefficient (Wildman–Crippen LogP) is 4.91. The monoisotopic (exact) mass is 270 g/mol. The topological polar surface area (TPSA) is 0 Å². The van der Waals surface area contributed by atoms with Crippen molar-refractivity contribution in [3.63, 3.8) is 0 Å². The summed E-state index contributed by atoms with van der Waals surface area (Å²) in [4.78, 5) is 0.581. The molecule has 0 saturated carbocycles. The molecule has 0 radical (unpaired) electrons. The first kappa shape index (κ1) is 12.4. The molecule has 2 aromatic rings. The molecular weight excluding hydrogens is 262 g/mol. The Hall–Kier alpha value is -1.06. The highest BCUT2D eigenvalue weighted by Gasteiger charge is 2.02. The van der Waals surface area contributed by atoms with E-state index in [0.717, 1.165) is 11.6 Å². The number of thioether (sulfide) groups is 1. The summed E-state index contributed by atoms with van der Waals surface area (Å²) in [5.41, 5.74) is 1.06. The van der Waals surface area contributed by atoms with E-state index in [2.05, 4.69) is 0 Å². The Labute approximate surface area is 108 Å². The van der Waals surface area contributed by atoms with E-state index >= 15 is 0 Å². The third-order valence-corrected chi connectivity index (χ3v) is 3.45. The summed E-state index contributed by atoms with van der Waals surface area (Å²) in [7, 11) is 0. The average Bonchev–Trinajstić information content (AvgIpc) is 2.27. The van der Waals surface area contributed by atoms with E-state index in [0.29, 0.717) is 15.7 Å². The van der Waals surface area contributed by atoms with E-state index in [1.807, 2.05) is 12.1 Å². The average molecular weight is 271 g/mol. The van der Waals surface area contributed by atoms with Gasteiger partial charge in [0.15, 0.2) is 0 Å². The molecule has 17 heavy (non-hydrogen) atoms. The Morgan fingerprint density at radius 2 is 1.53 bits per heavy atom. The summed E-state index contributed by atoms with van der Waals surface area (Å²) in [6.07, 6.45) is 0. The van der Waals surface area contributed by atoms with Crippen LogP contribution in [0.2, 0.25) is 5.02 Å². The van der Waals surface area contributed by atoms with E-state index in [1.54, 1.807) is 12.1 Å². The zero-order valence-corrected chi connectivity index (χ0v) is 10.4. The lowest BCUT2D eigenvalue weighted by molar-refractivity contribution is 0.577. The molecule has 2 aromatic carbocycles. The van der Waals surface area contributed by atoms with Crippen molar-refractivity contribution in [2.75, 3.05) is 0 Å². The van der Waals surface area contributed by atoms with Crippen molar-refractivity contribution < 1.29 is 8.78 Å². The molecule has 0 aliphatic carbocycles. The summed E-state index contributed by atoms with van der Waals surface area (Å²) in [6, 6.07) is 10.9. The summed E-state index contributed by atoms with van der Waals surface area (Å²) >= 11 is 7.15. The molecular formula is C13H9ClF2S. The maximum atomic E-state index is 12.9. The lowest BCUT2D eigenvalue weighted by Crippen LogP contribution is -1.83. The number of hydrogen-bond acceptors (Lipinski definition) is 1. The molecule has 0 amide bonds. The number of halogens is 3. The third kappa shape index (κ3) is 3.72. The Kier molecular flexibility index (Phi) is 4.02. The molecule has 0 saturated heterocycles. The van der Waals surface area contributed by atoms with Crippen LogP contribution in [0.1, 0.15) is 5.56 Å². The molecule has 0 heterocycles. The van der Waals surface area contributed by atoms with Crippen molar-refractivity contribution in [2.45, 2.75) is 10.6 Å². The van der Waals surface area contributed by atoms with E-state index in [4.69, 9.17) is 11.6 Å². The molecule has 88 valence electrons. The fourth-order valence-corrected chi connectivity index (χ4v) is 2.40. The van der Waals surface area contributed by atoms with Gasteiger partial charge in [-0.1, -0.05) is 23.7 Å². The minimum absolute atomic E-state index is 0.552. The molecule has 0 nitrogen and oxygen atoms in total. The van der Waals surface area contributed by atoms with Crippen molar-refractivity contribution >= 4 is 23.4 Å². The van der Waals surface area contributed by atoms with Gasteiger partial charge in [0, 0.05) is 21.7 Å². The second kappa shape index (κ2) is 5.52. The van der Waals surface area contributed by atoms with Gasteiger partial charge in [-0.3, -0.25) is 0 Å². The normalized spacial score (nSPS) is 10.5. The zero-order chi connectivity index (χ0) is 12.3. The van der Waals surface area contributed by atoms with Crippen molar-refractivity contribution in [2.24, 2.45) is 0 Å². The Balaban J connectivity index is 2.04. The van der Waals surface area contributed by atoms with Gasteiger partial charge in [0.05, 0.1) is 0 Å². The van der Waals surface area contributed by atoms with Crippen LogP contribution in [0.5, 0.6) is 0 Å². The highest BCUT2D eigenvalue weighted by atomic mass is 35.5. The van der Waals surface area contributed by atoms with E-state index < -0.39 is 11.6 Å². The fourth-order valence-electron chi connectivity index (χ4n) is 1.36. The summed E-state index contributed by atoms with van der Waals surface area (Å²) in [6.45, 7) is 0. The molecule has 4 heteroatoms. The van der Waals surface area contributed by atoms with Crippen LogP contribution in [-0.2, 0) is 5.75 Å². The van der Waals surface area contributed by atoms with Crippen molar-refractivity contribution in [1.82, 2.24) is 0 Å². The zero-order valence-electron chi connectivity index (χ0n) is 8.79. The van der Waals surface area contributed by atoms with Crippen molar-refractivity contribution in [3.05, 3.63) is 64.7 Å². The summed E-state index contributed by atoms with van der Waals surface area (Å²) < 4.78 is 25.9. The first-order valence-corrected chi connectivity index (χ1v) is 6.33. The molecule has 2 rings (SSSR count). The SMILES string of the molecule is Fc1cc(F)cc(SCc2ccc(Cl)cc2)c1. The fraction of sp³-hybridized carbons (Fsp3) is 0.0769. The van der Waals surface area contributed by atoms with Crippen LogP contribution in [0.3, 0.4) is 0 Å². The highest BCUT2D eigenvalue weighted by Crippen LogP contribution is 2.25. The first-order chi connectivity index (χ1) is 8.13. The van der Waals surface area contributed by atoms with Gasteiger partial charge in [-0.2, -0.15) is 0 Å². The molecule has 0 atom stereocenters. The Morgan fingerprint density at radius 3 is 2.12 bits per heavy atom. The van der Waals surface area contributed by atoms with Crippen LogP contribution in [-0.4, -0.2) is 0 Å². The maximum absolute atomic E-state index is 12.9. The molecule has 0 bridgehead atoms. The minimum Gasteiger partial charge on any atom is -0.207 e. The summed E-state index contributed by atoms with van der Waals surface area (Å²) in [5.74, 6) is -0.452. The van der Waals surface area contributed by atoms with Crippen LogP contribution in [0.15, 0.2) is 47.4 Å². The van der Waals surface area contributed by atoms with Crippen LogP contribution in [0.25, 0.3) is 0 Å². The van der Waals surface area contributed by atoms with Gasteiger partial charge < -0.3 is 0 Å². The van der Waals surface area contributed by atoms with Crippen LogP contribution < -0.4 is 0 Å². The Morgan fingerprint density at radius 1 is 0.941 bits per heavy atom. The molecule has 0 spiro atoms. The summed E-state index contributed by atoms with van der Waals surface area (Å²) in [5, 5.41) is 0.676. The molecule has 0 aromatic heterocycles. The van der Waals surface area contributed by atoms with E-state index in [9.17, 15) is 8.78 Å². The van der Waals surface area contributed by atoms with Gasteiger partial charge in [0.25, 0.3) is 0 Å². The smallest absolute Gasteiger partial charge is 0.127 e. The van der Waals surface area contributed by atoms with E-state index in [1.165, 1.54) is 23.9 Å². The number of rotatable bonds is 3. The molecule has 0 aliphatic rings. The van der Waals surface area contributed by atoms with Gasteiger partial charge in [0.1, 0.15) is 11.6 Å². The predicted molar refractivity (Wildman–Crippen MR) is 67.4 cm³/mol. The van der Waals surface area contributed by atoms with E-state index in [-0.39, 0.29) is 0 Å². The van der Waals surface area contributed by atoms with Gasteiger partial charge in [-0.25, -0.2) is 8.78 Å². The highest BCUT2D eigenvalue weighted by molar-refractivity contribution is 7.98. The largest absolute Gasteiger partial charge is 0.207 e. The van der Waals surface area contributed by atoms with Crippen molar-refractivity contribution in [1.29, 1.82) is 0 Å². The molecule has 0 aliphatic heterocycles. The molecule has 0 fully saturated rings. The van der Waals surface area contributed by atoms with Gasteiger partial charge in [-0.05, 0) is 29.8 Å². The lowest BCUT2D eigenvalue weighted by atomic mass is 10.2.